The van der Waals surface area contributed by atoms with Crippen LogP contribution in [0.15, 0.2) is 24.5 Å². The minimum atomic E-state index is -4.47. The Morgan fingerprint density at radius 2 is 1.95 bits per heavy atom. The van der Waals surface area contributed by atoms with Gasteiger partial charge < -0.3 is 10.3 Å². The van der Waals surface area contributed by atoms with E-state index in [-0.39, 0.29) is 5.56 Å². The van der Waals surface area contributed by atoms with E-state index in [4.69, 9.17) is 11.1 Å². The molecule has 2 aromatic rings. The third-order valence-electron chi connectivity index (χ3n) is 3.13. The third-order valence-corrected chi connectivity index (χ3v) is 3.13. The number of rotatable bonds is 2. The Labute approximate surface area is 113 Å². The maximum Gasteiger partial charge on any atom is 0.416 e. The van der Waals surface area contributed by atoms with Gasteiger partial charge in [-0.25, -0.2) is 4.98 Å². The van der Waals surface area contributed by atoms with Crippen molar-refractivity contribution in [1.82, 2.24) is 9.55 Å². The van der Waals surface area contributed by atoms with Crippen molar-refractivity contribution >= 4 is 5.84 Å². The summed E-state index contributed by atoms with van der Waals surface area (Å²) in [7, 11) is 0. The minimum Gasteiger partial charge on any atom is -0.384 e. The van der Waals surface area contributed by atoms with Crippen LogP contribution in [0.5, 0.6) is 0 Å². The number of nitrogens with zero attached hydrogens (tertiary/aromatic N) is 2. The first kappa shape index (κ1) is 14.1. The summed E-state index contributed by atoms with van der Waals surface area (Å²) in [6, 6.07) is 3.15. The number of amidine groups is 1. The Bertz CT molecular complexity index is 671. The van der Waals surface area contributed by atoms with Crippen LogP contribution in [0.25, 0.3) is 5.69 Å². The predicted octanol–water partition coefficient (Wildman–Crippen LogP) is 2.79. The van der Waals surface area contributed by atoms with E-state index in [2.05, 4.69) is 4.98 Å². The molecular formula is C13H13F3N4. The highest BCUT2D eigenvalue weighted by atomic mass is 19.4. The SMILES string of the molecule is Cc1ncn(-c2ccc(C(F)(F)F)cc2C(=N)N)c1C. The van der Waals surface area contributed by atoms with E-state index >= 15 is 0 Å². The summed E-state index contributed by atoms with van der Waals surface area (Å²) in [5, 5.41) is 7.48. The Balaban J connectivity index is 2.66. The molecule has 4 nitrogen and oxygen atoms in total. The number of benzene rings is 1. The highest BCUT2D eigenvalue weighted by Crippen LogP contribution is 2.31. The van der Waals surface area contributed by atoms with Crippen LogP contribution in [0.4, 0.5) is 13.2 Å². The molecule has 20 heavy (non-hydrogen) atoms. The van der Waals surface area contributed by atoms with Gasteiger partial charge in [0.15, 0.2) is 0 Å². The van der Waals surface area contributed by atoms with Crippen molar-refractivity contribution in [2.75, 3.05) is 0 Å². The van der Waals surface area contributed by atoms with Gasteiger partial charge in [-0.15, -0.1) is 0 Å². The molecule has 0 fully saturated rings. The van der Waals surface area contributed by atoms with E-state index in [0.717, 1.165) is 23.5 Å². The molecular weight excluding hydrogens is 269 g/mol. The van der Waals surface area contributed by atoms with Crippen molar-refractivity contribution in [2.45, 2.75) is 20.0 Å². The minimum absolute atomic E-state index is 0.0281. The summed E-state index contributed by atoms with van der Waals surface area (Å²) in [5.74, 6) is -0.420. The van der Waals surface area contributed by atoms with Gasteiger partial charge in [-0.2, -0.15) is 13.2 Å². The molecule has 0 spiro atoms. The Morgan fingerprint density at radius 3 is 2.40 bits per heavy atom. The van der Waals surface area contributed by atoms with E-state index in [1.807, 2.05) is 0 Å². The molecule has 1 heterocycles. The maximum atomic E-state index is 12.7. The molecule has 2 rings (SSSR count). The van der Waals surface area contributed by atoms with Gasteiger partial charge >= 0.3 is 6.18 Å². The van der Waals surface area contributed by atoms with Crippen LogP contribution in [-0.4, -0.2) is 15.4 Å². The molecule has 0 saturated heterocycles. The normalized spacial score (nSPS) is 11.7. The molecule has 106 valence electrons. The highest BCUT2D eigenvalue weighted by Gasteiger charge is 2.31. The number of aryl methyl sites for hydroxylation is 1. The highest BCUT2D eigenvalue weighted by molar-refractivity contribution is 5.98. The molecule has 0 bridgehead atoms. The summed E-state index contributed by atoms with van der Waals surface area (Å²) in [6.07, 6.45) is -2.97. The van der Waals surface area contributed by atoms with Gasteiger partial charge in [0.05, 0.1) is 23.3 Å². The van der Waals surface area contributed by atoms with Crippen molar-refractivity contribution in [2.24, 2.45) is 5.73 Å². The molecule has 0 unspecified atom stereocenters. The second-order valence-corrected chi connectivity index (χ2v) is 4.43. The van der Waals surface area contributed by atoms with Gasteiger partial charge in [0.1, 0.15) is 5.84 Å². The number of hydrogen-bond donors (Lipinski definition) is 2. The van der Waals surface area contributed by atoms with Crippen LogP contribution in [0.2, 0.25) is 0 Å². The molecule has 7 heteroatoms. The van der Waals surface area contributed by atoms with Crippen molar-refractivity contribution in [1.29, 1.82) is 5.41 Å². The Kier molecular flexibility index (Phi) is 3.29. The second-order valence-electron chi connectivity index (χ2n) is 4.43. The van der Waals surface area contributed by atoms with Crippen LogP contribution in [0.1, 0.15) is 22.5 Å². The standard InChI is InChI=1S/C13H13F3N4/c1-7-8(2)20(6-19-7)11-4-3-9(13(14,15)16)5-10(11)12(17)18/h3-6H,1-2H3,(H3,17,18). The monoisotopic (exact) mass is 282 g/mol. The van der Waals surface area contributed by atoms with E-state index in [9.17, 15) is 13.2 Å². The van der Waals surface area contributed by atoms with Gasteiger partial charge in [0, 0.05) is 11.3 Å². The Morgan fingerprint density at radius 1 is 1.30 bits per heavy atom. The molecule has 0 saturated carbocycles. The Hall–Kier alpha value is -2.31. The van der Waals surface area contributed by atoms with Crippen LogP contribution in [0, 0.1) is 19.3 Å². The first-order valence-electron chi connectivity index (χ1n) is 5.78. The number of alkyl halides is 3. The lowest BCUT2D eigenvalue weighted by molar-refractivity contribution is -0.137. The van der Waals surface area contributed by atoms with E-state index < -0.39 is 17.6 Å². The van der Waals surface area contributed by atoms with E-state index in [1.54, 1.807) is 18.4 Å². The lowest BCUT2D eigenvalue weighted by Gasteiger charge is -2.14. The molecule has 0 atom stereocenters. The smallest absolute Gasteiger partial charge is 0.384 e. The molecule has 0 aliphatic heterocycles. The van der Waals surface area contributed by atoms with Gasteiger partial charge in [0.25, 0.3) is 0 Å². The molecule has 3 N–H and O–H groups in total. The number of halogens is 3. The van der Waals surface area contributed by atoms with Gasteiger partial charge in [0.2, 0.25) is 0 Å². The van der Waals surface area contributed by atoms with Crippen molar-refractivity contribution < 1.29 is 13.2 Å². The van der Waals surface area contributed by atoms with E-state index in [1.165, 1.54) is 12.4 Å². The average molecular weight is 282 g/mol. The zero-order valence-electron chi connectivity index (χ0n) is 10.9. The number of hydrogen-bond acceptors (Lipinski definition) is 2. The topological polar surface area (TPSA) is 67.7 Å². The summed E-state index contributed by atoms with van der Waals surface area (Å²) in [6.45, 7) is 3.59. The number of imidazole rings is 1. The van der Waals surface area contributed by atoms with Crippen molar-refractivity contribution in [3.05, 3.63) is 47.0 Å². The average Bonchev–Trinajstić information content (AvgIpc) is 2.68. The summed E-state index contributed by atoms with van der Waals surface area (Å²) >= 11 is 0. The van der Waals surface area contributed by atoms with Crippen LogP contribution < -0.4 is 5.73 Å². The summed E-state index contributed by atoms with van der Waals surface area (Å²) < 4.78 is 39.8. The van der Waals surface area contributed by atoms with Gasteiger partial charge in [-0.1, -0.05) is 0 Å². The fourth-order valence-corrected chi connectivity index (χ4v) is 1.88. The molecule has 0 aliphatic carbocycles. The number of nitrogens with one attached hydrogen (secondary N) is 1. The number of aromatic nitrogens is 2. The number of nitrogen functional groups attached to an aromatic ring is 1. The van der Waals surface area contributed by atoms with Crippen LogP contribution in [0.3, 0.4) is 0 Å². The van der Waals surface area contributed by atoms with E-state index in [0.29, 0.717) is 5.69 Å². The zero-order chi connectivity index (χ0) is 15.1. The lowest BCUT2D eigenvalue weighted by Crippen LogP contribution is -2.17. The van der Waals surface area contributed by atoms with Crippen molar-refractivity contribution in [3.8, 4) is 5.69 Å². The quantitative estimate of drug-likeness (QED) is 0.657. The van der Waals surface area contributed by atoms with Crippen LogP contribution in [-0.2, 0) is 6.18 Å². The first-order chi connectivity index (χ1) is 9.21. The fourth-order valence-electron chi connectivity index (χ4n) is 1.88. The van der Waals surface area contributed by atoms with Gasteiger partial charge in [-0.05, 0) is 32.0 Å². The lowest BCUT2D eigenvalue weighted by atomic mass is 10.1. The molecule has 0 amide bonds. The molecule has 1 aromatic carbocycles. The zero-order valence-corrected chi connectivity index (χ0v) is 10.9. The predicted molar refractivity (Wildman–Crippen MR) is 69.1 cm³/mol. The fraction of sp³-hybridized carbons (Fsp3) is 0.231. The summed E-state index contributed by atoms with van der Waals surface area (Å²) in [4.78, 5) is 4.09. The summed E-state index contributed by atoms with van der Waals surface area (Å²) in [5.41, 5.74) is 6.55. The van der Waals surface area contributed by atoms with Crippen molar-refractivity contribution in [3.63, 3.8) is 0 Å². The number of nitrogens with two attached hydrogens (primary N) is 1. The van der Waals surface area contributed by atoms with Gasteiger partial charge in [-0.3, -0.25) is 5.41 Å². The maximum absolute atomic E-state index is 12.7. The second kappa shape index (κ2) is 4.66. The molecule has 0 radical (unpaired) electrons. The van der Waals surface area contributed by atoms with Crippen LogP contribution >= 0.6 is 0 Å². The first-order valence-corrected chi connectivity index (χ1v) is 5.78. The largest absolute Gasteiger partial charge is 0.416 e. The molecule has 1 aromatic heterocycles. The molecule has 0 aliphatic rings. The third kappa shape index (κ3) is 2.38.